The maximum absolute atomic E-state index is 13.5. The number of carbonyl (C=O) groups excluding carboxylic acids is 1. The zero-order valence-electron chi connectivity index (χ0n) is 11.4. The lowest BCUT2D eigenvalue weighted by molar-refractivity contribution is -0.154. The van der Waals surface area contributed by atoms with E-state index in [0.29, 0.717) is 6.42 Å². The van der Waals surface area contributed by atoms with Crippen LogP contribution in [0.5, 0.6) is 0 Å². The van der Waals surface area contributed by atoms with Crippen molar-refractivity contribution in [3.05, 3.63) is 35.4 Å². The summed E-state index contributed by atoms with van der Waals surface area (Å²) in [6.45, 7) is -0.0391. The first-order valence-corrected chi connectivity index (χ1v) is 6.45. The molecule has 0 bridgehead atoms. The van der Waals surface area contributed by atoms with Crippen LogP contribution in [0.1, 0.15) is 18.4 Å². The van der Waals surface area contributed by atoms with Gasteiger partial charge in [-0.3, -0.25) is 4.79 Å². The average Bonchev–Trinajstić information content (AvgIpc) is 2.90. The Hall–Kier alpha value is -2.02. The van der Waals surface area contributed by atoms with Crippen molar-refractivity contribution in [3.63, 3.8) is 0 Å². The zero-order chi connectivity index (χ0) is 15.6. The number of carboxylic acid groups (broad SMARTS) is 1. The number of benzene rings is 1. The molecule has 2 rings (SSSR count). The molecule has 7 heteroatoms. The third-order valence-electron chi connectivity index (χ3n) is 3.37. The molecular weight excluding hydrogens is 284 g/mol. The summed E-state index contributed by atoms with van der Waals surface area (Å²) in [5, 5.41) is 8.81. The van der Waals surface area contributed by atoms with Crippen LogP contribution in [0.3, 0.4) is 0 Å². The molecule has 0 unspecified atom stereocenters. The minimum atomic E-state index is -1.10. The minimum Gasteiger partial charge on any atom is -0.479 e. The van der Waals surface area contributed by atoms with Crippen LogP contribution in [-0.2, 0) is 20.9 Å². The van der Waals surface area contributed by atoms with E-state index in [1.807, 2.05) is 0 Å². The average molecular weight is 299 g/mol. The molecule has 1 aromatic rings. The van der Waals surface area contributed by atoms with E-state index in [2.05, 4.69) is 0 Å². The molecule has 0 radical (unpaired) electrons. The second-order valence-electron chi connectivity index (χ2n) is 4.96. The van der Waals surface area contributed by atoms with E-state index in [1.54, 1.807) is 0 Å². The van der Waals surface area contributed by atoms with Crippen LogP contribution < -0.4 is 0 Å². The quantitative estimate of drug-likeness (QED) is 0.916. The van der Waals surface area contributed by atoms with Gasteiger partial charge in [0.1, 0.15) is 17.7 Å². The molecule has 1 amide bonds. The molecule has 5 nitrogen and oxygen atoms in total. The molecular formula is C14H15F2NO4. The van der Waals surface area contributed by atoms with Crippen LogP contribution in [0.15, 0.2) is 18.2 Å². The molecule has 1 heterocycles. The van der Waals surface area contributed by atoms with Gasteiger partial charge in [0.2, 0.25) is 0 Å². The molecule has 1 saturated heterocycles. The van der Waals surface area contributed by atoms with Gasteiger partial charge in [0.25, 0.3) is 5.91 Å². The second-order valence-corrected chi connectivity index (χ2v) is 4.96. The molecule has 1 aromatic carbocycles. The van der Waals surface area contributed by atoms with Crippen LogP contribution >= 0.6 is 0 Å². The molecule has 1 fully saturated rings. The van der Waals surface area contributed by atoms with E-state index in [9.17, 15) is 18.4 Å². The largest absolute Gasteiger partial charge is 0.479 e. The molecule has 1 aliphatic heterocycles. The van der Waals surface area contributed by atoms with Gasteiger partial charge in [-0.15, -0.1) is 0 Å². The lowest BCUT2D eigenvalue weighted by Crippen LogP contribution is -2.37. The first-order chi connectivity index (χ1) is 9.88. The summed E-state index contributed by atoms with van der Waals surface area (Å²) >= 11 is 0. The van der Waals surface area contributed by atoms with Crippen molar-refractivity contribution in [2.45, 2.75) is 31.6 Å². The Morgan fingerprint density at radius 1 is 1.33 bits per heavy atom. The molecule has 2 atom stereocenters. The van der Waals surface area contributed by atoms with E-state index in [-0.39, 0.29) is 18.5 Å². The van der Waals surface area contributed by atoms with E-state index >= 15 is 0 Å². The SMILES string of the molecule is CN(Cc1ccc(F)cc1F)C(=O)[C@@H]1CC[C@H](C(=O)O)O1. The second kappa shape index (κ2) is 6.17. The minimum absolute atomic E-state index is 0.0391. The van der Waals surface area contributed by atoms with Gasteiger partial charge in [-0.1, -0.05) is 6.07 Å². The highest BCUT2D eigenvalue weighted by atomic mass is 19.1. The molecule has 0 spiro atoms. The summed E-state index contributed by atoms with van der Waals surface area (Å²) in [4.78, 5) is 24.1. The van der Waals surface area contributed by atoms with Crippen LogP contribution in [0, 0.1) is 11.6 Å². The van der Waals surface area contributed by atoms with Gasteiger partial charge in [0.05, 0.1) is 0 Å². The van der Waals surface area contributed by atoms with Gasteiger partial charge >= 0.3 is 5.97 Å². The predicted octanol–water partition coefficient (Wildman–Crippen LogP) is 1.56. The van der Waals surface area contributed by atoms with E-state index in [4.69, 9.17) is 9.84 Å². The number of halogens is 2. The molecule has 0 aromatic heterocycles. The predicted molar refractivity (Wildman–Crippen MR) is 68.4 cm³/mol. The number of hydrogen-bond acceptors (Lipinski definition) is 3. The van der Waals surface area contributed by atoms with Gasteiger partial charge in [0.15, 0.2) is 6.10 Å². The van der Waals surface area contributed by atoms with E-state index < -0.39 is 35.7 Å². The molecule has 0 saturated carbocycles. The molecule has 114 valence electrons. The molecule has 21 heavy (non-hydrogen) atoms. The Morgan fingerprint density at radius 3 is 2.57 bits per heavy atom. The van der Waals surface area contributed by atoms with Crippen molar-refractivity contribution >= 4 is 11.9 Å². The normalized spacial score (nSPS) is 21.3. The topological polar surface area (TPSA) is 66.8 Å². The number of hydrogen-bond donors (Lipinski definition) is 1. The fourth-order valence-corrected chi connectivity index (χ4v) is 2.23. The molecule has 1 N–H and O–H groups in total. The smallest absolute Gasteiger partial charge is 0.332 e. The highest BCUT2D eigenvalue weighted by molar-refractivity contribution is 5.82. The number of ether oxygens (including phenoxy) is 1. The Labute approximate surface area is 120 Å². The van der Waals surface area contributed by atoms with Gasteiger partial charge in [-0.05, 0) is 18.9 Å². The lowest BCUT2D eigenvalue weighted by atomic mass is 10.1. The fourth-order valence-electron chi connectivity index (χ4n) is 2.23. The summed E-state index contributed by atoms with van der Waals surface area (Å²) in [6.07, 6.45) is -1.23. The Kier molecular flexibility index (Phi) is 4.52. The van der Waals surface area contributed by atoms with Crippen molar-refractivity contribution in [1.82, 2.24) is 4.90 Å². The van der Waals surface area contributed by atoms with Crippen LogP contribution in [0.4, 0.5) is 8.78 Å². The van der Waals surface area contributed by atoms with Crippen molar-refractivity contribution in [2.24, 2.45) is 0 Å². The Morgan fingerprint density at radius 2 is 2.00 bits per heavy atom. The lowest BCUT2D eigenvalue weighted by Gasteiger charge is -2.21. The summed E-state index contributed by atoms with van der Waals surface area (Å²) in [7, 11) is 1.46. The van der Waals surface area contributed by atoms with Crippen molar-refractivity contribution in [1.29, 1.82) is 0 Å². The standard InChI is InChI=1S/C14H15F2NO4/c1-17(7-8-2-3-9(15)6-10(8)16)13(18)11-4-5-12(21-11)14(19)20/h2-3,6,11-12H,4-5,7H2,1H3,(H,19,20)/t11-,12+/m0/s1. The number of likely N-dealkylation sites (N-methyl/N-ethyl adjacent to an activating group) is 1. The maximum atomic E-state index is 13.5. The van der Waals surface area contributed by atoms with E-state index in [1.165, 1.54) is 18.0 Å². The molecule has 0 aliphatic carbocycles. The highest BCUT2D eigenvalue weighted by Crippen LogP contribution is 2.22. The number of carboxylic acids is 1. The van der Waals surface area contributed by atoms with Crippen LogP contribution in [-0.4, -0.2) is 41.1 Å². The third kappa shape index (κ3) is 3.55. The zero-order valence-corrected chi connectivity index (χ0v) is 11.4. The first-order valence-electron chi connectivity index (χ1n) is 6.45. The number of amides is 1. The number of aliphatic carboxylic acids is 1. The summed E-state index contributed by atoms with van der Waals surface area (Å²) in [6, 6.07) is 3.13. The van der Waals surface area contributed by atoms with Gasteiger partial charge < -0.3 is 14.7 Å². The Balaban J connectivity index is 1.98. The Bertz CT molecular complexity index is 564. The monoisotopic (exact) mass is 299 g/mol. The van der Waals surface area contributed by atoms with E-state index in [0.717, 1.165) is 12.1 Å². The summed E-state index contributed by atoms with van der Waals surface area (Å²) in [5.74, 6) is -2.93. The number of rotatable bonds is 4. The fraction of sp³-hybridized carbons (Fsp3) is 0.429. The van der Waals surface area contributed by atoms with Crippen LogP contribution in [0.2, 0.25) is 0 Å². The highest BCUT2D eigenvalue weighted by Gasteiger charge is 2.36. The van der Waals surface area contributed by atoms with Gasteiger partial charge in [0, 0.05) is 25.2 Å². The van der Waals surface area contributed by atoms with Crippen molar-refractivity contribution < 1.29 is 28.2 Å². The number of nitrogens with zero attached hydrogens (tertiary/aromatic N) is 1. The van der Waals surface area contributed by atoms with Crippen molar-refractivity contribution in [2.75, 3.05) is 7.05 Å². The molecule has 1 aliphatic rings. The summed E-state index contributed by atoms with van der Waals surface area (Å²) in [5.41, 5.74) is 0.181. The first kappa shape index (κ1) is 15.4. The van der Waals surface area contributed by atoms with Gasteiger partial charge in [-0.2, -0.15) is 0 Å². The van der Waals surface area contributed by atoms with Gasteiger partial charge in [-0.25, -0.2) is 13.6 Å². The van der Waals surface area contributed by atoms with Crippen molar-refractivity contribution in [3.8, 4) is 0 Å². The van der Waals surface area contributed by atoms with Crippen LogP contribution in [0.25, 0.3) is 0 Å². The number of carbonyl (C=O) groups is 2. The maximum Gasteiger partial charge on any atom is 0.332 e. The summed E-state index contributed by atoms with van der Waals surface area (Å²) < 4.78 is 31.5. The third-order valence-corrected chi connectivity index (χ3v) is 3.37.